The van der Waals surface area contributed by atoms with Gasteiger partial charge in [0, 0.05) is 24.4 Å². The summed E-state index contributed by atoms with van der Waals surface area (Å²) in [6, 6.07) is 13.6. The second-order valence-corrected chi connectivity index (χ2v) is 7.94. The number of hydrogen-bond donors (Lipinski definition) is 2. The first-order chi connectivity index (χ1) is 17.3. The maximum atomic E-state index is 13.3. The summed E-state index contributed by atoms with van der Waals surface area (Å²) in [6.45, 7) is 5.76. The summed E-state index contributed by atoms with van der Waals surface area (Å²) in [5.41, 5.74) is 0.887. The van der Waals surface area contributed by atoms with Crippen LogP contribution in [0.2, 0.25) is 0 Å². The molecule has 3 aromatic rings. The highest BCUT2D eigenvalue weighted by Gasteiger charge is 2.48. The van der Waals surface area contributed by atoms with Gasteiger partial charge in [-0.05, 0) is 56.3 Å². The van der Waals surface area contributed by atoms with Gasteiger partial charge >= 0.3 is 0 Å². The lowest BCUT2D eigenvalue weighted by Crippen LogP contribution is -2.29. The van der Waals surface area contributed by atoms with Gasteiger partial charge in [-0.25, -0.2) is 0 Å². The molecule has 2 aromatic carbocycles. The van der Waals surface area contributed by atoms with Gasteiger partial charge in [0.1, 0.15) is 29.1 Å². The van der Waals surface area contributed by atoms with Crippen LogP contribution in [0.1, 0.15) is 38.1 Å². The molecule has 1 unspecified atom stereocenters. The number of carbonyl (C=O) groups excluding carboxylic acids is 3. The second-order valence-electron chi connectivity index (χ2n) is 7.94. The van der Waals surface area contributed by atoms with Gasteiger partial charge in [0.05, 0.1) is 30.6 Å². The number of nitrogens with one attached hydrogen (secondary N) is 1. The number of anilines is 2. The van der Waals surface area contributed by atoms with Crippen LogP contribution >= 0.6 is 0 Å². The average Bonchev–Trinajstić information content (AvgIpc) is 3.46. The van der Waals surface area contributed by atoms with Crippen LogP contribution in [0.4, 0.5) is 11.4 Å². The molecular weight excluding hydrogens is 464 g/mol. The molecular formula is C27H26N2O7. The van der Waals surface area contributed by atoms with Crippen LogP contribution in [0.5, 0.6) is 11.5 Å². The zero-order chi connectivity index (χ0) is 25.8. The molecule has 1 aromatic heterocycles. The summed E-state index contributed by atoms with van der Waals surface area (Å²) >= 11 is 0. The molecule has 186 valence electrons. The van der Waals surface area contributed by atoms with E-state index in [2.05, 4.69) is 5.32 Å². The summed E-state index contributed by atoms with van der Waals surface area (Å²) in [7, 11) is 0. The van der Waals surface area contributed by atoms with Gasteiger partial charge in [-0.2, -0.15) is 0 Å². The lowest BCUT2D eigenvalue weighted by molar-refractivity contribution is -0.132. The van der Waals surface area contributed by atoms with Crippen molar-refractivity contribution in [3.8, 4) is 11.5 Å². The topological polar surface area (TPSA) is 118 Å². The zero-order valence-corrected chi connectivity index (χ0v) is 20.1. The predicted molar refractivity (Wildman–Crippen MR) is 133 cm³/mol. The van der Waals surface area contributed by atoms with Crippen LogP contribution in [0.25, 0.3) is 5.76 Å². The number of furan rings is 1. The molecule has 0 spiro atoms. The van der Waals surface area contributed by atoms with E-state index < -0.39 is 23.5 Å². The summed E-state index contributed by atoms with van der Waals surface area (Å²) in [6.07, 6.45) is 1.42. The third kappa shape index (κ3) is 4.68. The SMILES string of the molecule is CCOc1ccc(/C(O)=C2/C(=O)C(=O)N(c3cccc(NC(C)=O)c3)C2c2ccco2)c(OCC)c1. The molecule has 0 radical (unpaired) electrons. The van der Waals surface area contributed by atoms with Crippen molar-refractivity contribution >= 4 is 34.7 Å². The molecule has 1 saturated heterocycles. The first kappa shape index (κ1) is 24.6. The summed E-state index contributed by atoms with van der Waals surface area (Å²) in [4.78, 5) is 39.4. The van der Waals surface area contributed by atoms with Crippen molar-refractivity contribution in [2.45, 2.75) is 26.8 Å². The van der Waals surface area contributed by atoms with Crippen molar-refractivity contribution in [2.24, 2.45) is 0 Å². The zero-order valence-electron chi connectivity index (χ0n) is 20.1. The van der Waals surface area contributed by atoms with Crippen LogP contribution in [0, 0.1) is 0 Å². The van der Waals surface area contributed by atoms with E-state index in [0.717, 1.165) is 0 Å². The Labute approximate surface area is 207 Å². The summed E-state index contributed by atoms with van der Waals surface area (Å²) in [5, 5.41) is 14.1. The van der Waals surface area contributed by atoms with E-state index >= 15 is 0 Å². The monoisotopic (exact) mass is 490 g/mol. The summed E-state index contributed by atoms with van der Waals surface area (Å²) < 4.78 is 16.8. The number of amides is 2. The summed E-state index contributed by atoms with van der Waals surface area (Å²) in [5.74, 6) is -1.28. The van der Waals surface area contributed by atoms with Gasteiger partial charge in [0.2, 0.25) is 5.91 Å². The number of benzene rings is 2. The van der Waals surface area contributed by atoms with E-state index in [1.54, 1.807) is 61.5 Å². The molecule has 1 atom stereocenters. The third-order valence-corrected chi connectivity index (χ3v) is 5.52. The molecule has 36 heavy (non-hydrogen) atoms. The van der Waals surface area contributed by atoms with Crippen LogP contribution < -0.4 is 19.7 Å². The lowest BCUT2D eigenvalue weighted by Gasteiger charge is -2.24. The number of ether oxygens (including phenoxy) is 2. The Balaban J connectivity index is 1.88. The van der Waals surface area contributed by atoms with E-state index in [4.69, 9.17) is 13.9 Å². The number of Topliss-reactive ketones (excluding diaryl/α,β-unsaturated/α-hetero) is 1. The Morgan fingerprint density at radius 2 is 1.83 bits per heavy atom. The molecule has 2 N–H and O–H groups in total. The minimum Gasteiger partial charge on any atom is -0.507 e. The number of rotatable bonds is 8. The van der Waals surface area contributed by atoms with Crippen molar-refractivity contribution in [3.05, 3.63) is 77.8 Å². The number of ketones is 1. The maximum absolute atomic E-state index is 13.3. The van der Waals surface area contributed by atoms with E-state index in [1.165, 1.54) is 18.1 Å². The third-order valence-electron chi connectivity index (χ3n) is 5.52. The van der Waals surface area contributed by atoms with Crippen molar-refractivity contribution in [1.29, 1.82) is 0 Å². The molecule has 9 nitrogen and oxygen atoms in total. The highest BCUT2D eigenvalue weighted by Crippen LogP contribution is 2.44. The van der Waals surface area contributed by atoms with Crippen LogP contribution in [0.15, 0.2) is 70.9 Å². The highest BCUT2D eigenvalue weighted by atomic mass is 16.5. The molecule has 1 aliphatic heterocycles. The van der Waals surface area contributed by atoms with E-state index in [-0.39, 0.29) is 22.8 Å². The molecule has 0 saturated carbocycles. The molecule has 2 heterocycles. The first-order valence-electron chi connectivity index (χ1n) is 11.5. The van der Waals surface area contributed by atoms with E-state index in [9.17, 15) is 19.5 Å². The Morgan fingerprint density at radius 1 is 1.06 bits per heavy atom. The Kier molecular flexibility index (Phi) is 7.10. The lowest BCUT2D eigenvalue weighted by atomic mass is 9.98. The molecule has 0 aliphatic carbocycles. The van der Waals surface area contributed by atoms with E-state index in [1.807, 2.05) is 6.92 Å². The van der Waals surface area contributed by atoms with Crippen molar-refractivity contribution < 1.29 is 33.4 Å². The van der Waals surface area contributed by atoms with Gasteiger partial charge in [-0.3, -0.25) is 19.3 Å². The van der Waals surface area contributed by atoms with Crippen LogP contribution in [-0.2, 0) is 14.4 Å². The smallest absolute Gasteiger partial charge is 0.300 e. The first-order valence-corrected chi connectivity index (χ1v) is 11.5. The normalized spacial score (nSPS) is 16.8. The Hall–Kier alpha value is -4.53. The van der Waals surface area contributed by atoms with Crippen molar-refractivity contribution in [2.75, 3.05) is 23.4 Å². The van der Waals surface area contributed by atoms with Gasteiger partial charge in [0.15, 0.2) is 0 Å². The van der Waals surface area contributed by atoms with Gasteiger partial charge in [-0.1, -0.05) is 6.07 Å². The molecule has 1 aliphatic rings. The minimum atomic E-state index is -1.05. The predicted octanol–water partition coefficient (Wildman–Crippen LogP) is 4.66. The standard InChI is InChI=1S/C27H26N2O7/c1-4-34-19-11-12-20(22(15-19)35-5-2)25(31)23-24(21-10-7-13-36-21)29(27(33)26(23)32)18-9-6-8-17(14-18)28-16(3)30/h6-15,24,31H,4-5H2,1-3H3,(H,28,30)/b25-23-. The average molecular weight is 491 g/mol. The number of hydrogen-bond acceptors (Lipinski definition) is 7. The fourth-order valence-electron chi connectivity index (χ4n) is 4.13. The second kappa shape index (κ2) is 10.4. The van der Waals surface area contributed by atoms with Crippen molar-refractivity contribution in [3.63, 3.8) is 0 Å². The molecule has 0 bridgehead atoms. The van der Waals surface area contributed by atoms with Gasteiger partial charge in [-0.15, -0.1) is 0 Å². The van der Waals surface area contributed by atoms with Crippen LogP contribution in [-0.4, -0.2) is 35.9 Å². The fraction of sp³-hybridized carbons (Fsp3) is 0.222. The minimum absolute atomic E-state index is 0.148. The fourth-order valence-corrected chi connectivity index (χ4v) is 4.13. The molecule has 4 rings (SSSR count). The quantitative estimate of drug-likeness (QED) is 0.268. The molecule has 9 heteroatoms. The molecule has 1 fully saturated rings. The number of carbonyl (C=O) groups is 3. The van der Waals surface area contributed by atoms with Gasteiger partial charge < -0.3 is 24.3 Å². The number of nitrogens with zero attached hydrogens (tertiary/aromatic N) is 1. The number of aliphatic hydroxyl groups is 1. The highest BCUT2D eigenvalue weighted by molar-refractivity contribution is 6.51. The van der Waals surface area contributed by atoms with E-state index in [0.29, 0.717) is 36.1 Å². The Morgan fingerprint density at radius 3 is 2.50 bits per heavy atom. The number of aliphatic hydroxyl groups excluding tert-OH is 1. The molecule has 2 amide bonds. The van der Waals surface area contributed by atoms with Crippen LogP contribution in [0.3, 0.4) is 0 Å². The largest absolute Gasteiger partial charge is 0.507 e. The maximum Gasteiger partial charge on any atom is 0.300 e. The van der Waals surface area contributed by atoms with Crippen molar-refractivity contribution in [1.82, 2.24) is 0 Å². The Bertz CT molecular complexity index is 1330. The van der Waals surface area contributed by atoms with Gasteiger partial charge in [0.25, 0.3) is 11.7 Å².